The van der Waals surface area contributed by atoms with Gasteiger partial charge in [0.2, 0.25) is 5.88 Å². The van der Waals surface area contributed by atoms with Gasteiger partial charge in [-0.1, -0.05) is 0 Å². The molecule has 4 aromatic heterocycles. The molecule has 6 nitrogen and oxygen atoms in total. The van der Waals surface area contributed by atoms with E-state index in [1.807, 2.05) is 48.1 Å². The van der Waals surface area contributed by atoms with Crippen molar-refractivity contribution in [2.45, 2.75) is 6.92 Å². The highest BCUT2D eigenvalue weighted by Crippen LogP contribution is 2.30. The van der Waals surface area contributed by atoms with E-state index in [2.05, 4.69) is 15.1 Å². The predicted octanol–water partition coefficient (Wildman–Crippen LogP) is 2.36. The molecule has 4 heterocycles. The first-order valence-electron chi connectivity index (χ1n) is 6.59. The molecular weight excluding hydrogens is 266 g/mol. The van der Waals surface area contributed by atoms with E-state index in [1.54, 1.807) is 17.8 Å². The van der Waals surface area contributed by atoms with E-state index in [0.717, 1.165) is 22.3 Å². The zero-order valence-corrected chi connectivity index (χ0v) is 11.7. The average molecular weight is 279 g/mol. The van der Waals surface area contributed by atoms with Gasteiger partial charge in [0, 0.05) is 35.9 Å². The molecule has 0 N–H and O–H groups in total. The van der Waals surface area contributed by atoms with Crippen molar-refractivity contribution in [2.75, 3.05) is 7.11 Å². The van der Waals surface area contributed by atoms with Gasteiger partial charge in [0.05, 0.1) is 7.11 Å². The highest BCUT2D eigenvalue weighted by Gasteiger charge is 2.13. The fourth-order valence-corrected chi connectivity index (χ4v) is 2.55. The molecule has 4 aromatic rings. The Morgan fingerprint density at radius 2 is 2.05 bits per heavy atom. The topological polar surface area (TPSA) is 56.7 Å². The summed E-state index contributed by atoms with van der Waals surface area (Å²) in [6.07, 6.45) is 7.66. The third-order valence-electron chi connectivity index (χ3n) is 3.48. The number of hydrogen-bond donors (Lipinski definition) is 0. The summed E-state index contributed by atoms with van der Waals surface area (Å²) in [5, 5.41) is 4.39. The molecule has 0 unspecified atom stereocenters. The van der Waals surface area contributed by atoms with E-state index >= 15 is 0 Å². The van der Waals surface area contributed by atoms with Gasteiger partial charge in [0.15, 0.2) is 0 Å². The van der Waals surface area contributed by atoms with Crippen LogP contribution in [0.15, 0.2) is 43.0 Å². The minimum atomic E-state index is 0.577. The number of fused-ring (bicyclic) bond motifs is 2. The summed E-state index contributed by atoms with van der Waals surface area (Å²) in [5.41, 5.74) is 3.88. The summed E-state index contributed by atoms with van der Waals surface area (Å²) < 4.78 is 9.20. The van der Waals surface area contributed by atoms with Gasteiger partial charge < -0.3 is 9.14 Å². The first kappa shape index (κ1) is 11.9. The van der Waals surface area contributed by atoms with Gasteiger partial charge in [-0.3, -0.25) is 0 Å². The maximum Gasteiger partial charge on any atom is 0.242 e. The second-order valence-electron chi connectivity index (χ2n) is 4.80. The van der Waals surface area contributed by atoms with Crippen molar-refractivity contribution in [2.24, 2.45) is 0 Å². The summed E-state index contributed by atoms with van der Waals surface area (Å²) >= 11 is 0. The van der Waals surface area contributed by atoms with E-state index in [9.17, 15) is 0 Å². The number of nitrogens with zero attached hydrogens (tertiary/aromatic N) is 5. The van der Waals surface area contributed by atoms with Crippen LogP contribution in [0, 0.1) is 6.92 Å². The summed E-state index contributed by atoms with van der Waals surface area (Å²) in [4.78, 5) is 8.61. The molecule has 4 rings (SSSR count). The van der Waals surface area contributed by atoms with Crippen LogP contribution < -0.4 is 4.74 Å². The van der Waals surface area contributed by atoms with Gasteiger partial charge in [0.1, 0.15) is 17.0 Å². The highest BCUT2D eigenvalue weighted by atomic mass is 16.5. The molecular formula is C15H13N5O. The molecule has 0 amide bonds. The summed E-state index contributed by atoms with van der Waals surface area (Å²) in [6, 6.07) is 6.04. The lowest BCUT2D eigenvalue weighted by Gasteiger charge is -2.06. The van der Waals surface area contributed by atoms with Crippen LogP contribution in [0.5, 0.6) is 5.88 Å². The van der Waals surface area contributed by atoms with Crippen LogP contribution in [0.2, 0.25) is 0 Å². The van der Waals surface area contributed by atoms with Crippen LogP contribution in [0.1, 0.15) is 5.82 Å². The molecule has 104 valence electrons. The molecule has 0 saturated carbocycles. The van der Waals surface area contributed by atoms with Gasteiger partial charge in [-0.25, -0.2) is 9.50 Å². The van der Waals surface area contributed by atoms with Gasteiger partial charge in [-0.15, -0.1) is 0 Å². The largest absolute Gasteiger partial charge is 0.479 e. The Hall–Kier alpha value is -2.89. The van der Waals surface area contributed by atoms with Gasteiger partial charge in [-0.05, 0) is 25.1 Å². The molecule has 0 aliphatic rings. The quantitative estimate of drug-likeness (QED) is 0.565. The first-order valence-corrected chi connectivity index (χ1v) is 6.59. The second-order valence-corrected chi connectivity index (χ2v) is 4.80. The minimum absolute atomic E-state index is 0.577. The lowest BCUT2D eigenvalue weighted by Crippen LogP contribution is -2.01. The van der Waals surface area contributed by atoms with Crippen molar-refractivity contribution in [3.63, 3.8) is 0 Å². The third-order valence-corrected chi connectivity index (χ3v) is 3.48. The van der Waals surface area contributed by atoms with Crippen LogP contribution in [0.3, 0.4) is 0 Å². The second kappa shape index (κ2) is 4.31. The van der Waals surface area contributed by atoms with Crippen LogP contribution in [0.25, 0.3) is 22.3 Å². The van der Waals surface area contributed by atoms with Crippen LogP contribution >= 0.6 is 0 Å². The standard InChI is InChI=1S/C15H13N5O/c1-10-17-15(21-2)14-12(5-7-20(14)18-10)11-3-4-13-16-6-8-19(13)9-11/h3-9H,1-2H3. The Bertz CT molecular complexity index is 953. The van der Waals surface area contributed by atoms with Crippen LogP contribution in [-0.4, -0.2) is 31.1 Å². The Morgan fingerprint density at radius 3 is 2.90 bits per heavy atom. The number of pyridine rings is 1. The number of ether oxygens (including phenoxy) is 1. The molecule has 0 saturated heterocycles. The predicted molar refractivity (Wildman–Crippen MR) is 78.5 cm³/mol. The van der Waals surface area contributed by atoms with Gasteiger partial charge >= 0.3 is 0 Å². The lowest BCUT2D eigenvalue weighted by molar-refractivity contribution is 0.397. The summed E-state index contributed by atoms with van der Waals surface area (Å²) in [7, 11) is 1.62. The van der Waals surface area contributed by atoms with Crippen molar-refractivity contribution in [3.8, 4) is 17.0 Å². The zero-order valence-electron chi connectivity index (χ0n) is 11.7. The van der Waals surface area contributed by atoms with E-state index < -0.39 is 0 Å². The third kappa shape index (κ3) is 1.76. The molecule has 0 atom stereocenters. The number of aromatic nitrogens is 5. The fourth-order valence-electron chi connectivity index (χ4n) is 2.55. The first-order chi connectivity index (χ1) is 10.3. The van der Waals surface area contributed by atoms with E-state index in [1.165, 1.54) is 0 Å². The van der Waals surface area contributed by atoms with Crippen LogP contribution in [0.4, 0.5) is 0 Å². The smallest absolute Gasteiger partial charge is 0.242 e. The number of imidazole rings is 1. The maximum absolute atomic E-state index is 5.41. The molecule has 0 aliphatic heterocycles. The summed E-state index contributed by atoms with van der Waals surface area (Å²) in [5.74, 6) is 1.25. The van der Waals surface area contributed by atoms with E-state index in [4.69, 9.17) is 4.74 Å². The van der Waals surface area contributed by atoms with Crippen LogP contribution in [-0.2, 0) is 0 Å². The number of hydrogen-bond acceptors (Lipinski definition) is 4. The van der Waals surface area contributed by atoms with E-state index in [-0.39, 0.29) is 0 Å². The highest BCUT2D eigenvalue weighted by molar-refractivity contribution is 5.84. The summed E-state index contributed by atoms with van der Waals surface area (Å²) in [6.45, 7) is 1.85. The lowest BCUT2D eigenvalue weighted by atomic mass is 10.1. The fraction of sp³-hybridized carbons (Fsp3) is 0.133. The van der Waals surface area contributed by atoms with Crippen molar-refractivity contribution in [1.82, 2.24) is 24.0 Å². The van der Waals surface area contributed by atoms with Gasteiger partial charge in [0.25, 0.3) is 0 Å². The van der Waals surface area contributed by atoms with Crippen molar-refractivity contribution < 1.29 is 4.74 Å². The molecule has 0 spiro atoms. The molecule has 0 aromatic carbocycles. The molecule has 0 radical (unpaired) electrons. The molecule has 21 heavy (non-hydrogen) atoms. The normalized spacial score (nSPS) is 11.3. The Kier molecular flexibility index (Phi) is 2.44. The van der Waals surface area contributed by atoms with Crippen molar-refractivity contribution in [1.29, 1.82) is 0 Å². The molecule has 6 heteroatoms. The Morgan fingerprint density at radius 1 is 1.14 bits per heavy atom. The number of rotatable bonds is 2. The minimum Gasteiger partial charge on any atom is -0.479 e. The Balaban J connectivity index is 2.01. The van der Waals surface area contributed by atoms with Crippen molar-refractivity contribution in [3.05, 3.63) is 48.8 Å². The SMILES string of the molecule is COc1nc(C)nn2ccc(-c3ccc4nccn4c3)c12. The average Bonchev–Trinajstić information content (AvgIpc) is 3.11. The number of aryl methyl sites for hydroxylation is 1. The van der Waals surface area contributed by atoms with Gasteiger partial charge in [-0.2, -0.15) is 10.1 Å². The molecule has 0 aliphatic carbocycles. The zero-order chi connectivity index (χ0) is 14.4. The molecule has 0 fully saturated rings. The van der Waals surface area contributed by atoms with Crippen molar-refractivity contribution >= 4 is 11.2 Å². The monoisotopic (exact) mass is 279 g/mol. The molecule has 0 bridgehead atoms. The maximum atomic E-state index is 5.41. The number of methoxy groups -OCH3 is 1. The van der Waals surface area contributed by atoms with E-state index in [0.29, 0.717) is 11.7 Å². The Labute approximate surface area is 120 Å².